The Kier molecular flexibility index (Phi) is 6.22. The summed E-state index contributed by atoms with van der Waals surface area (Å²) < 4.78 is 16.5. The summed E-state index contributed by atoms with van der Waals surface area (Å²) in [6, 6.07) is 17.0. The molecule has 0 unspecified atom stereocenters. The Morgan fingerprint density at radius 3 is 2.21 bits per heavy atom. The predicted octanol–water partition coefficient (Wildman–Crippen LogP) is 3.14. The topological polar surface area (TPSA) is 88.1 Å². The molecule has 3 aromatic rings. The quantitative estimate of drug-likeness (QED) is 0.554. The standard InChI is InChI=1S/C26H25NO6/c1-4-33-20-11-7-16(8-12-20)25-21-15-23(32-3)22(31-2)13-18(21)14-24(28)27(25)19-9-5-17(6-10-19)26(29)30/h5-13,15,25H,4,14H2,1-3H3,(H,29,30)/p-1/t25-/m0/s1. The molecule has 0 bridgehead atoms. The van der Waals surface area contributed by atoms with Crippen molar-refractivity contribution in [1.82, 2.24) is 0 Å². The number of anilines is 1. The average molecular weight is 446 g/mol. The fraction of sp³-hybridized carbons (Fsp3) is 0.231. The first-order valence-corrected chi connectivity index (χ1v) is 10.6. The van der Waals surface area contributed by atoms with Crippen molar-refractivity contribution in [3.63, 3.8) is 0 Å². The summed E-state index contributed by atoms with van der Waals surface area (Å²) in [5.74, 6) is 0.474. The third-order valence-electron chi connectivity index (χ3n) is 5.70. The maximum absolute atomic E-state index is 13.4. The van der Waals surface area contributed by atoms with E-state index in [-0.39, 0.29) is 17.9 Å². The molecule has 0 aromatic heterocycles. The number of fused-ring (bicyclic) bond motifs is 1. The molecule has 1 aliphatic rings. The summed E-state index contributed by atoms with van der Waals surface area (Å²) in [6.45, 7) is 2.47. The number of amides is 1. The molecule has 170 valence electrons. The van der Waals surface area contributed by atoms with Crippen molar-refractivity contribution < 1.29 is 28.9 Å². The van der Waals surface area contributed by atoms with Gasteiger partial charge in [-0.25, -0.2) is 0 Å². The van der Waals surface area contributed by atoms with Gasteiger partial charge in [0.15, 0.2) is 11.5 Å². The lowest BCUT2D eigenvalue weighted by Gasteiger charge is -2.38. The van der Waals surface area contributed by atoms with Gasteiger partial charge in [0.05, 0.1) is 39.3 Å². The zero-order valence-corrected chi connectivity index (χ0v) is 18.7. The van der Waals surface area contributed by atoms with E-state index in [0.717, 1.165) is 22.4 Å². The third-order valence-corrected chi connectivity index (χ3v) is 5.70. The molecule has 0 saturated carbocycles. The molecular formula is C26H24NO6-. The first-order chi connectivity index (χ1) is 16.0. The molecule has 7 nitrogen and oxygen atoms in total. The molecule has 0 spiro atoms. The van der Waals surface area contributed by atoms with Gasteiger partial charge in [0, 0.05) is 5.69 Å². The Labute approximate surface area is 192 Å². The van der Waals surface area contributed by atoms with Gasteiger partial charge in [0.2, 0.25) is 5.91 Å². The zero-order valence-electron chi connectivity index (χ0n) is 18.7. The molecular weight excluding hydrogens is 422 g/mol. The fourth-order valence-electron chi connectivity index (χ4n) is 4.17. The van der Waals surface area contributed by atoms with Gasteiger partial charge in [-0.1, -0.05) is 24.3 Å². The van der Waals surface area contributed by atoms with Gasteiger partial charge in [-0.05, 0) is 65.6 Å². The van der Waals surface area contributed by atoms with Crippen LogP contribution in [0.3, 0.4) is 0 Å². The van der Waals surface area contributed by atoms with Crippen LogP contribution in [-0.4, -0.2) is 32.7 Å². The number of rotatable bonds is 7. The van der Waals surface area contributed by atoms with Gasteiger partial charge in [-0.3, -0.25) is 4.79 Å². The Morgan fingerprint density at radius 1 is 1.00 bits per heavy atom. The van der Waals surface area contributed by atoms with E-state index in [4.69, 9.17) is 14.2 Å². The van der Waals surface area contributed by atoms with Crippen molar-refractivity contribution >= 4 is 17.6 Å². The summed E-state index contributed by atoms with van der Waals surface area (Å²) in [7, 11) is 3.13. The van der Waals surface area contributed by atoms with E-state index in [0.29, 0.717) is 23.8 Å². The molecule has 0 N–H and O–H groups in total. The number of carbonyl (C=O) groups is 2. The first kappa shape index (κ1) is 22.2. The molecule has 1 aliphatic heterocycles. The van der Waals surface area contributed by atoms with E-state index in [9.17, 15) is 14.7 Å². The number of hydrogen-bond donors (Lipinski definition) is 0. The second-order valence-electron chi connectivity index (χ2n) is 7.59. The highest BCUT2D eigenvalue weighted by molar-refractivity contribution is 5.99. The van der Waals surface area contributed by atoms with E-state index >= 15 is 0 Å². The minimum absolute atomic E-state index is 0.0487. The minimum atomic E-state index is -1.27. The number of ether oxygens (including phenoxy) is 3. The largest absolute Gasteiger partial charge is 0.545 e. The van der Waals surface area contributed by atoms with E-state index in [2.05, 4.69) is 0 Å². The van der Waals surface area contributed by atoms with Crippen LogP contribution in [0.5, 0.6) is 17.2 Å². The Morgan fingerprint density at radius 2 is 1.64 bits per heavy atom. The summed E-state index contributed by atoms with van der Waals surface area (Å²) in [5, 5.41) is 11.2. The van der Waals surface area contributed by atoms with Crippen LogP contribution < -0.4 is 24.2 Å². The van der Waals surface area contributed by atoms with Gasteiger partial charge < -0.3 is 29.0 Å². The van der Waals surface area contributed by atoms with Crippen LogP contribution in [0.2, 0.25) is 0 Å². The summed E-state index contributed by atoms with van der Waals surface area (Å²) in [5.41, 5.74) is 3.26. The molecule has 0 fully saturated rings. The van der Waals surface area contributed by atoms with Crippen LogP contribution in [0.1, 0.15) is 40.0 Å². The smallest absolute Gasteiger partial charge is 0.232 e. The summed E-state index contributed by atoms with van der Waals surface area (Å²) in [6.07, 6.45) is 0.172. The number of hydrogen-bond acceptors (Lipinski definition) is 6. The SMILES string of the molecule is CCOc1ccc([C@H]2c3cc(OC)c(OC)cc3CC(=O)N2c2ccc(C(=O)[O-])cc2)cc1. The van der Waals surface area contributed by atoms with Gasteiger partial charge >= 0.3 is 0 Å². The number of carboxylic acid groups (broad SMARTS) is 1. The maximum atomic E-state index is 13.4. The molecule has 7 heteroatoms. The second kappa shape index (κ2) is 9.24. The molecule has 1 atom stereocenters. The second-order valence-corrected chi connectivity index (χ2v) is 7.59. The van der Waals surface area contributed by atoms with Gasteiger partial charge in [0.25, 0.3) is 0 Å². The van der Waals surface area contributed by atoms with Crippen LogP contribution in [-0.2, 0) is 11.2 Å². The monoisotopic (exact) mass is 446 g/mol. The number of benzene rings is 3. The van der Waals surface area contributed by atoms with E-state index < -0.39 is 12.0 Å². The van der Waals surface area contributed by atoms with Crippen LogP contribution in [0.15, 0.2) is 60.7 Å². The van der Waals surface area contributed by atoms with Crippen molar-refractivity contribution in [2.24, 2.45) is 0 Å². The van der Waals surface area contributed by atoms with Crippen LogP contribution in [0.4, 0.5) is 5.69 Å². The Hall–Kier alpha value is -4.00. The van der Waals surface area contributed by atoms with Gasteiger partial charge in [-0.15, -0.1) is 0 Å². The first-order valence-electron chi connectivity index (χ1n) is 10.6. The Bertz CT molecular complexity index is 1170. The molecule has 33 heavy (non-hydrogen) atoms. The lowest BCUT2D eigenvalue weighted by atomic mass is 9.86. The highest BCUT2D eigenvalue weighted by Crippen LogP contribution is 2.43. The van der Waals surface area contributed by atoms with Crippen molar-refractivity contribution in [2.45, 2.75) is 19.4 Å². The highest BCUT2D eigenvalue weighted by Gasteiger charge is 2.36. The molecule has 0 saturated heterocycles. The van der Waals surface area contributed by atoms with E-state index in [1.807, 2.05) is 43.3 Å². The molecule has 4 rings (SSSR count). The van der Waals surface area contributed by atoms with Crippen LogP contribution in [0, 0.1) is 0 Å². The zero-order chi connectivity index (χ0) is 23.5. The number of methoxy groups -OCH3 is 2. The summed E-state index contributed by atoms with van der Waals surface area (Å²) >= 11 is 0. The lowest BCUT2D eigenvalue weighted by Crippen LogP contribution is -2.41. The average Bonchev–Trinajstić information content (AvgIpc) is 2.83. The molecule has 1 heterocycles. The number of carbonyl (C=O) groups excluding carboxylic acids is 2. The fourth-order valence-corrected chi connectivity index (χ4v) is 4.17. The van der Waals surface area contributed by atoms with Crippen molar-refractivity contribution in [3.05, 3.63) is 82.9 Å². The van der Waals surface area contributed by atoms with Crippen molar-refractivity contribution in [1.29, 1.82) is 0 Å². The maximum Gasteiger partial charge on any atom is 0.232 e. The highest BCUT2D eigenvalue weighted by atomic mass is 16.5. The third kappa shape index (κ3) is 4.22. The molecule has 0 radical (unpaired) electrons. The number of nitrogens with zero attached hydrogens (tertiary/aromatic N) is 1. The van der Waals surface area contributed by atoms with Crippen LogP contribution in [0.25, 0.3) is 0 Å². The Balaban J connectivity index is 1.88. The minimum Gasteiger partial charge on any atom is -0.545 e. The lowest BCUT2D eigenvalue weighted by molar-refractivity contribution is -0.255. The number of carboxylic acids is 1. The number of aromatic carboxylic acids is 1. The predicted molar refractivity (Wildman–Crippen MR) is 121 cm³/mol. The van der Waals surface area contributed by atoms with E-state index in [1.165, 1.54) is 12.1 Å². The normalized spacial score (nSPS) is 15.1. The van der Waals surface area contributed by atoms with Gasteiger partial charge in [-0.2, -0.15) is 0 Å². The van der Waals surface area contributed by atoms with Crippen LogP contribution >= 0.6 is 0 Å². The van der Waals surface area contributed by atoms with E-state index in [1.54, 1.807) is 31.3 Å². The van der Waals surface area contributed by atoms with Crippen molar-refractivity contribution in [3.8, 4) is 17.2 Å². The molecule has 0 aliphatic carbocycles. The summed E-state index contributed by atoms with van der Waals surface area (Å²) in [4.78, 5) is 26.3. The van der Waals surface area contributed by atoms with Crippen molar-refractivity contribution in [2.75, 3.05) is 25.7 Å². The van der Waals surface area contributed by atoms with Gasteiger partial charge in [0.1, 0.15) is 5.75 Å². The molecule has 1 amide bonds. The molecule has 3 aromatic carbocycles.